The van der Waals surface area contributed by atoms with Gasteiger partial charge in [0.1, 0.15) is 0 Å². The van der Waals surface area contributed by atoms with Crippen LogP contribution in [0.1, 0.15) is 26.3 Å². The number of ether oxygens (including phenoxy) is 1. The van der Waals surface area contributed by atoms with Gasteiger partial charge < -0.3 is 14.7 Å². The van der Waals surface area contributed by atoms with Gasteiger partial charge in [-0.05, 0) is 26.3 Å². The van der Waals surface area contributed by atoms with Crippen molar-refractivity contribution < 1.29 is 14.7 Å². The van der Waals surface area contributed by atoms with E-state index in [-0.39, 0.29) is 0 Å². The summed E-state index contributed by atoms with van der Waals surface area (Å²) >= 11 is 0. The van der Waals surface area contributed by atoms with Crippen LogP contribution in [-0.4, -0.2) is 29.8 Å². The second-order valence-corrected chi connectivity index (χ2v) is 4.75. The molecule has 0 aliphatic heterocycles. The molecule has 1 atom stereocenters. The smallest absolute Gasteiger partial charge is 0.229 e. The highest BCUT2D eigenvalue weighted by molar-refractivity contribution is 5.77. The molecule has 0 amide bonds. The largest absolute Gasteiger partial charge is 0.482 e. The SMILES string of the molecule is CO/C(Cc1ccccc1)=N\OC(C)C(C)(C)O. The molecule has 0 aliphatic carbocycles. The van der Waals surface area contributed by atoms with Crippen molar-refractivity contribution in [1.29, 1.82) is 0 Å². The van der Waals surface area contributed by atoms with E-state index in [1.54, 1.807) is 27.9 Å². The zero-order valence-electron chi connectivity index (χ0n) is 11.4. The molecule has 0 aromatic heterocycles. The zero-order valence-corrected chi connectivity index (χ0v) is 11.4. The molecule has 0 fully saturated rings. The van der Waals surface area contributed by atoms with Gasteiger partial charge in [0.05, 0.1) is 19.1 Å². The maximum absolute atomic E-state index is 9.73. The number of methoxy groups -OCH3 is 1. The van der Waals surface area contributed by atoms with Gasteiger partial charge >= 0.3 is 0 Å². The monoisotopic (exact) mass is 251 g/mol. The Morgan fingerprint density at radius 2 is 1.94 bits per heavy atom. The minimum atomic E-state index is -0.935. The predicted molar refractivity (Wildman–Crippen MR) is 71.4 cm³/mol. The first kappa shape index (κ1) is 14.5. The summed E-state index contributed by atoms with van der Waals surface area (Å²) in [5, 5.41) is 13.7. The molecule has 0 spiro atoms. The maximum Gasteiger partial charge on any atom is 0.229 e. The van der Waals surface area contributed by atoms with Crippen molar-refractivity contribution >= 4 is 5.90 Å². The zero-order chi connectivity index (χ0) is 13.6. The molecule has 1 N–H and O–H groups in total. The van der Waals surface area contributed by atoms with Gasteiger partial charge in [0, 0.05) is 0 Å². The normalized spacial score (nSPS) is 14.2. The number of hydrogen-bond donors (Lipinski definition) is 1. The van der Waals surface area contributed by atoms with Crippen LogP contribution in [0.3, 0.4) is 0 Å². The summed E-state index contributed by atoms with van der Waals surface area (Å²) in [5.41, 5.74) is 0.160. The highest BCUT2D eigenvalue weighted by Gasteiger charge is 2.24. The molecule has 1 unspecified atom stereocenters. The Morgan fingerprint density at radius 3 is 2.44 bits per heavy atom. The van der Waals surface area contributed by atoms with Crippen LogP contribution < -0.4 is 0 Å². The third-order valence-corrected chi connectivity index (χ3v) is 2.74. The molecule has 0 radical (unpaired) electrons. The minimum Gasteiger partial charge on any atom is -0.482 e. The van der Waals surface area contributed by atoms with Gasteiger partial charge in [-0.15, -0.1) is 0 Å². The number of benzene rings is 1. The van der Waals surface area contributed by atoms with Gasteiger partial charge in [-0.25, -0.2) is 0 Å². The van der Waals surface area contributed by atoms with Gasteiger partial charge in [0.2, 0.25) is 5.90 Å². The van der Waals surface area contributed by atoms with E-state index in [1.807, 2.05) is 30.3 Å². The minimum absolute atomic E-state index is 0.404. The molecule has 0 aliphatic rings. The average Bonchev–Trinajstić information content (AvgIpc) is 2.34. The van der Waals surface area contributed by atoms with Crippen LogP contribution in [-0.2, 0) is 16.0 Å². The van der Waals surface area contributed by atoms with Crippen molar-refractivity contribution in [3.8, 4) is 0 Å². The first-order chi connectivity index (χ1) is 8.43. The lowest BCUT2D eigenvalue weighted by Crippen LogP contribution is -2.34. The van der Waals surface area contributed by atoms with E-state index in [1.165, 1.54) is 0 Å². The Hall–Kier alpha value is -1.55. The number of nitrogens with zero attached hydrogens (tertiary/aromatic N) is 1. The Morgan fingerprint density at radius 1 is 1.33 bits per heavy atom. The molecule has 4 nitrogen and oxygen atoms in total. The van der Waals surface area contributed by atoms with E-state index in [0.717, 1.165) is 5.56 Å². The van der Waals surface area contributed by atoms with E-state index in [2.05, 4.69) is 5.16 Å². The van der Waals surface area contributed by atoms with Crippen LogP contribution in [0.15, 0.2) is 35.5 Å². The number of aliphatic hydroxyl groups is 1. The van der Waals surface area contributed by atoms with E-state index in [9.17, 15) is 5.11 Å². The molecule has 18 heavy (non-hydrogen) atoms. The fourth-order valence-corrected chi connectivity index (χ4v) is 1.18. The maximum atomic E-state index is 9.73. The van der Waals surface area contributed by atoms with E-state index in [4.69, 9.17) is 9.57 Å². The molecule has 1 aromatic carbocycles. The summed E-state index contributed by atoms with van der Waals surface area (Å²) < 4.78 is 5.16. The predicted octanol–water partition coefficient (Wildman–Crippen LogP) is 2.37. The molecule has 0 saturated carbocycles. The first-order valence-electron chi connectivity index (χ1n) is 5.96. The lowest BCUT2D eigenvalue weighted by molar-refractivity contribution is -0.0790. The Labute approximate surface area is 108 Å². The summed E-state index contributed by atoms with van der Waals surface area (Å²) in [4.78, 5) is 5.24. The summed E-state index contributed by atoms with van der Waals surface area (Å²) in [5.74, 6) is 0.484. The number of oxime groups is 1. The molecule has 4 heteroatoms. The fourth-order valence-electron chi connectivity index (χ4n) is 1.18. The van der Waals surface area contributed by atoms with Crippen molar-refractivity contribution in [2.45, 2.75) is 38.9 Å². The van der Waals surface area contributed by atoms with Crippen LogP contribution in [0.25, 0.3) is 0 Å². The summed E-state index contributed by atoms with van der Waals surface area (Å²) in [7, 11) is 1.56. The van der Waals surface area contributed by atoms with Gasteiger partial charge in [0.15, 0.2) is 6.10 Å². The van der Waals surface area contributed by atoms with Crippen molar-refractivity contribution in [2.75, 3.05) is 7.11 Å². The molecular formula is C14H21NO3. The van der Waals surface area contributed by atoms with Gasteiger partial charge in [0.25, 0.3) is 0 Å². The second kappa shape index (κ2) is 6.40. The first-order valence-corrected chi connectivity index (χ1v) is 5.96. The average molecular weight is 251 g/mol. The van der Waals surface area contributed by atoms with Gasteiger partial charge in [-0.3, -0.25) is 0 Å². The lowest BCUT2D eigenvalue weighted by Gasteiger charge is -2.23. The molecule has 1 rings (SSSR count). The molecule has 0 heterocycles. The molecule has 100 valence electrons. The molecule has 0 saturated heterocycles. The van der Waals surface area contributed by atoms with E-state index < -0.39 is 11.7 Å². The van der Waals surface area contributed by atoms with Crippen molar-refractivity contribution in [3.63, 3.8) is 0 Å². The van der Waals surface area contributed by atoms with Crippen LogP contribution in [0.4, 0.5) is 0 Å². The summed E-state index contributed by atoms with van der Waals surface area (Å²) in [6.45, 7) is 5.12. The third kappa shape index (κ3) is 4.75. The highest BCUT2D eigenvalue weighted by Crippen LogP contribution is 2.12. The summed E-state index contributed by atoms with van der Waals surface area (Å²) in [6, 6.07) is 9.87. The number of rotatable bonds is 5. The van der Waals surface area contributed by atoms with E-state index in [0.29, 0.717) is 12.3 Å². The van der Waals surface area contributed by atoms with Crippen molar-refractivity contribution in [1.82, 2.24) is 0 Å². The Bertz CT molecular complexity index is 382. The molecule has 1 aromatic rings. The summed E-state index contributed by atoms with van der Waals surface area (Å²) in [6.07, 6.45) is 0.161. The van der Waals surface area contributed by atoms with Gasteiger partial charge in [-0.2, -0.15) is 0 Å². The van der Waals surface area contributed by atoms with Crippen molar-refractivity contribution in [2.24, 2.45) is 5.16 Å². The second-order valence-electron chi connectivity index (χ2n) is 4.75. The molecule has 0 bridgehead atoms. The highest BCUT2D eigenvalue weighted by atomic mass is 16.7. The van der Waals surface area contributed by atoms with Crippen LogP contribution in [0.2, 0.25) is 0 Å². The van der Waals surface area contributed by atoms with E-state index >= 15 is 0 Å². The number of hydrogen-bond acceptors (Lipinski definition) is 4. The van der Waals surface area contributed by atoms with Crippen LogP contribution >= 0.6 is 0 Å². The Kier molecular flexibility index (Phi) is 5.16. The van der Waals surface area contributed by atoms with Crippen LogP contribution in [0.5, 0.6) is 0 Å². The fraction of sp³-hybridized carbons (Fsp3) is 0.500. The standard InChI is InChI=1S/C14H21NO3/c1-11(14(2,3)16)18-15-13(17-4)10-12-8-6-5-7-9-12/h5-9,11,16H,10H2,1-4H3/b15-13-. The topological polar surface area (TPSA) is 51.0 Å². The van der Waals surface area contributed by atoms with Crippen molar-refractivity contribution in [3.05, 3.63) is 35.9 Å². The quantitative estimate of drug-likeness (QED) is 0.496. The van der Waals surface area contributed by atoms with Gasteiger partial charge in [-0.1, -0.05) is 35.5 Å². The Balaban J connectivity index is 2.61. The lowest BCUT2D eigenvalue weighted by atomic mass is 10.0. The third-order valence-electron chi connectivity index (χ3n) is 2.74. The molecular weight excluding hydrogens is 230 g/mol. The van der Waals surface area contributed by atoms with Crippen LogP contribution in [0, 0.1) is 0 Å².